The maximum Gasteiger partial charge on any atom is 0.211 e. The smallest absolute Gasteiger partial charge is 0.211 e. The van der Waals surface area contributed by atoms with Crippen molar-refractivity contribution in [3.8, 4) is 11.5 Å². The van der Waals surface area contributed by atoms with E-state index in [0.29, 0.717) is 25.6 Å². The lowest BCUT2D eigenvalue weighted by Gasteiger charge is -2.29. The lowest BCUT2D eigenvalue weighted by atomic mass is 9.98. The van der Waals surface area contributed by atoms with Gasteiger partial charge in [-0.15, -0.1) is 24.0 Å². The van der Waals surface area contributed by atoms with E-state index in [4.69, 9.17) is 14.5 Å². The molecule has 0 saturated carbocycles. The maximum absolute atomic E-state index is 11.6. The van der Waals surface area contributed by atoms with Gasteiger partial charge in [-0.2, -0.15) is 0 Å². The number of nitrogens with one attached hydrogen (secondary N) is 2. The molecule has 1 aromatic carbocycles. The minimum atomic E-state index is -3.08. The number of methoxy groups -OCH3 is 2. The van der Waals surface area contributed by atoms with E-state index < -0.39 is 10.0 Å². The fourth-order valence-electron chi connectivity index (χ4n) is 3.35. The molecule has 1 heterocycles. The molecule has 2 rings (SSSR count). The molecular weight excluding hydrogens is 519 g/mol. The topological polar surface area (TPSA) is 92.3 Å². The summed E-state index contributed by atoms with van der Waals surface area (Å²) in [4.78, 5) is 4.70. The Morgan fingerprint density at radius 1 is 1.17 bits per heavy atom. The number of piperidine rings is 1. The SMILES string of the molecule is CCNC(=NCC1CCN(S(C)(=O)=O)CC1)NCCc1ccc(OC)c(OC)c1.I. The molecule has 1 saturated heterocycles. The molecule has 0 bridgehead atoms. The van der Waals surface area contributed by atoms with Crippen LogP contribution in [0, 0.1) is 5.92 Å². The summed E-state index contributed by atoms with van der Waals surface area (Å²) in [6, 6.07) is 5.93. The van der Waals surface area contributed by atoms with Gasteiger partial charge in [0.2, 0.25) is 10.0 Å². The number of sulfonamides is 1. The molecule has 1 aromatic rings. The van der Waals surface area contributed by atoms with Crippen LogP contribution in [0.25, 0.3) is 0 Å². The number of ether oxygens (including phenoxy) is 2. The summed E-state index contributed by atoms with van der Waals surface area (Å²) < 4.78 is 35.4. The predicted octanol–water partition coefficient (Wildman–Crippen LogP) is 2.09. The minimum Gasteiger partial charge on any atom is -0.493 e. The highest BCUT2D eigenvalue weighted by molar-refractivity contribution is 14.0. The van der Waals surface area contributed by atoms with Crippen LogP contribution in [0.2, 0.25) is 0 Å². The van der Waals surface area contributed by atoms with Crippen molar-refractivity contribution in [3.63, 3.8) is 0 Å². The number of aliphatic imine (C=N–C) groups is 1. The minimum absolute atomic E-state index is 0. The van der Waals surface area contributed by atoms with E-state index in [-0.39, 0.29) is 24.0 Å². The molecule has 1 aliphatic heterocycles. The summed E-state index contributed by atoms with van der Waals surface area (Å²) in [5.41, 5.74) is 1.15. The van der Waals surface area contributed by atoms with Gasteiger partial charge in [0.15, 0.2) is 17.5 Å². The van der Waals surface area contributed by atoms with Crippen molar-refractivity contribution < 1.29 is 17.9 Å². The van der Waals surface area contributed by atoms with E-state index in [0.717, 1.165) is 55.4 Å². The molecular formula is C20H35IN4O4S. The van der Waals surface area contributed by atoms with Crippen LogP contribution in [0.5, 0.6) is 11.5 Å². The lowest BCUT2D eigenvalue weighted by molar-refractivity contribution is 0.280. The summed E-state index contributed by atoms with van der Waals surface area (Å²) in [5.74, 6) is 2.65. The molecule has 0 atom stereocenters. The third-order valence-electron chi connectivity index (χ3n) is 5.05. The Kier molecular flexibility index (Phi) is 11.8. The van der Waals surface area contributed by atoms with E-state index >= 15 is 0 Å². The number of guanidine groups is 1. The summed E-state index contributed by atoms with van der Waals surface area (Å²) in [5, 5.41) is 6.64. The Morgan fingerprint density at radius 2 is 1.83 bits per heavy atom. The van der Waals surface area contributed by atoms with Crippen LogP contribution < -0.4 is 20.1 Å². The van der Waals surface area contributed by atoms with Gasteiger partial charge in [0, 0.05) is 32.7 Å². The Hall–Kier alpha value is -1.27. The van der Waals surface area contributed by atoms with Crippen LogP contribution in [-0.2, 0) is 16.4 Å². The van der Waals surface area contributed by atoms with E-state index in [1.54, 1.807) is 18.5 Å². The van der Waals surface area contributed by atoms with Crippen molar-refractivity contribution >= 4 is 40.0 Å². The zero-order valence-corrected chi connectivity index (χ0v) is 21.5. The molecule has 0 aliphatic carbocycles. The van der Waals surface area contributed by atoms with Gasteiger partial charge in [0.05, 0.1) is 20.5 Å². The lowest BCUT2D eigenvalue weighted by Crippen LogP contribution is -2.40. The quantitative estimate of drug-likeness (QED) is 0.276. The first kappa shape index (κ1) is 26.8. The van der Waals surface area contributed by atoms with Crippen LogP contribution in [0.3, 0.4) is 0 Å². The fourth-order valence-corrected chi connectivity index (χ4v) is 4.22. The van der Waals surface area contributed by atoms with Crippen molar-refractivity contribution in [2.75, 3.05) is 53.2 Å². The average Bonchev–Trinajstić information content (AvgIpc) is 2.71. The van der Waals surface area contributed by atoms with Gasteiger partial charge in [-0.25, -0.2) is 12.7 Å². The zero-order valence-electron chi connectivity index (χ0n) is 18.3. The first-order chi connectivity index (χ1) is 13.9. The second-order valence-corrected chi connectivity index (χ2v) is 9.17. The van der Waals surface area contributed by atoms with Crippen molar-refractivity contribution in [3.05, 3.63) is 23.8 Å². The van der Waals surface area contributed by atoms with Crippen molar-refractivity contribution in [2.45, 2.75) is 26.2 Å². The van der Waals surface area contributed by atoms with Gasteiger partial charge in [-0.1, -0.05) is 6.07 Å². The maximum atomic E-state index is 11.6. The summed E-state index contributed by atoms with van der Waals surface area (Å²) in [7, 11) is 0.182. The fraction of sp³-hybridized carbons (Fsp3) is 0.650. The van der Waals surface area contributed by atoms with Crippen LogP contribution in [0.4, 0.5) is 0 Å². The monoisotopic (exact) mass is 554 g/mol. The predicted molar refractivity (Wildman–Crippen MR) is 132 cm³/mol. The zero-order chi connectivity index (χ0) is 21.3. The van der Waals surface area contributed by atoms with Gasteiger partial charge < -0.3 is 20.1 Å². The number of rotatable bonds is 9. The Morgan fingerprint density at radius 3 is 2.40 bits per heavy atom. The molecule has 10 heteroatoms. The molecule has 2 N–H and O–H groups in total. The molecule has 0 radical (unpaired) electrons. The second kappa shape index (κ2) is 13.2. The second-order valence-electron chi connectivity index (χ2n) is 7.19. The normalized spacial score (nSPS) is 15.9. The van der Waals surface area contributed by atoms with Crippen LogP contribution in [-0.4, -0.2) is 71.9 Å². The number of hydrogen-bond donors (Lipinski definition) is 2. The van der Waals surface area contributed by atoms with Gasteiger partial charge in [-0.05, 0) is 49.8 Å². The molecule has 8 nitrogen and oxygen atoms in total. The summed E-state index contributed by atoms with van der Waals surface area (Å²) in [6.07, 6.45) is 3.80. The molecule has 172 valence electrons. The third-order valence-corrected chi connectivity index (χ3v) is 6.35. The molecule has 30 heavy (non-hydrogen) atoms. The first-order valence-electron chi connectivity index (χ1n) is 10.1. The van der Waals surface area contributed by atoms with Crippen LogP contribution in [0.1, 0.15) is 25.3 Å². The standard InChI is InChI=1S/C20H34N4O4S.HI/c1-5-21-20(23-15-17-9-12-24(13-10-17)29(4,25)26)22-11-8-16-6-7-18(27-2)19(14-16)28-3;/h6-7,14,17H,5,8-13,15H2,1-4H3,(H2,21,22,23);1H. The van der Waals surface area contributed by atoms with Crippen molar-refractivity contribution in [1.29, 1.82) is 0 Å². The highest BCUT2D eigenvalue weighted by atomic mass is 127. The molecule has 0 unspecified atom stereocenters. The number of hydrogen-bond acceptors (Lipinski definition) is 5. The molecule has 1 aliphatic rings. The summed E-state index contributed by atoms with van der Waals surface area (Å²) >= 11 is 0. The van der Waals surface area contributed by atoms with Gasteiger partial charge in [-0.3, -0.25) is 4.99 Å². The number of benzene rings is 1. The molecule has 1 fully saturated rings. The van der Waals surface area contributed by atoms with Gasteiger partial charge in [0.1, 0.15) is 0 Å². The molecule has 0 aromatic heterocycles. The Labute approximate surface area is 197 Å². The van der Waals surface area contributed by atoms with Crippen LogP contribution >= 0.6 is 24.0 Å². The number of halogens is 1. The third kappa shape index (κ3) is 8.46. The highest BCUT2D eigenvalue weighted by Gasteiger charge is 2.24. The average molecular weight is 554 g/mol. The van der Waals surface area contributed by atoms with E-state index in [1.807, 2.05) is 25.1 Å². The van der Waals surface area contributed by atoms with E-state index in [2.05, 4.69) is 10.6 Å². The first-order valence-corrected chi connectivity index (χ1v) is 11.9. The molecule has 0 amide bonds. The Bertz CT molecular complexity index is 781. The van der Waals surface area contributed by atoms with Gasteiger partial charge >= 0.3 is 0 Å². The van der Waals surface area contributed by atoms with E-state index in [1.165, 1.54) is 6.26 Å². The van der Waals surface area contributed by atoms with Crippen molar-refractivity contribution in [2.24, 2.45) is 10.9 Å². The largest absolute Gasteiger partial charge is 0.493 e. The van der Waals surface area contributed by atoms with E-state index in [9.17, 15) is 8.42 Å². The van der Waals surface area contributed by atoms with Gasteiger partial charge in [0.25, 0.3) is 0 Å². The van der Waals surface area contributed by atoms with Crippen molar-refractivity contribution in [1.82, 2.24) is 14.9 Å². The summed E-state index contributed by atoms with van der Waals surface area (Å²) in [6.45, 7) is 5.44. The number of nitrogens with zero attached hydrogens (tertiary/aromatic N) is 2. The molecule has 0 spiro atoms. The van der Waals surface area contributed by atoms with Crippen LogP contribution in [0.15, 0.2) is 23.2 Å². The Balaban J connectivity index is 0.00000450. The highest BCUT2D eigenvalue weighted by Crippen LogP contribution is 2.27.